The maximum absolute atomic E-state index is 14.8. The second-order valence-electron chi connectivity index (χ2n) is 28.7. The van der Waals surface area contributed by atoms with E-state index >= 15 is 0 Å². The first-order chi connectivity index (χ1) is 48.4. The summed E-state index contributed by atoms with van der Waals surface area (Å²) in [6.45, 7) is 22.0. The van der Waals surface area contributed by atoms with Gasteiger partial charge in [0.15, 0.2) is 11.6 Å². The molecule has 6 aliphatic rings. The molecule has 0 radical (unpaired) electrons. The molecule has 0 spiro atoms. The highest BCUT2D eigenvalue weighted by Gasteiger charge is 2.53. The number of alkyl carbamates (subject to hydrolysis) is 1. The van der Waals surface area contributed by atoms with Crippen LogP contribution in [0.25, 0.3) is 0 Å². The van der Waals surface area contributed by atoms with E-state index in [1.165, 1.54) is 18.9 Å². The van der Waals surface area contributed by atoms with Crippen LogP contribution in [-0.4, -0.2) is 259 Å². The van der Waals surface area contributed by atoms with E-state index in [1.54, 1.807) is 65.9 Å². The Kier molecular flexibility index (Phi) is 30.8. The van der Waals surface area contributed by atoms with Gasteiger partial charge in [-0.05, 0) is 108 Å². The molecule has 0 aromatic carbocycles. The van der Waals surface area contributed by atoms with Crippen molar-refractivity contribution in [2.45, 2.75) is 199 Å². The number of ketones is 3. The van der Waals surface area contributed by atoms with Crippen LogP contribution in [0.4, 0.5) is 16.7 Å². The first kappa shape index (κ1) is 80.2. The Morgan fingerprint density at radius 2 is 1.35 bits per heavy atom. The number of nitrogens with two attached hydrogens (primary N) is 1. The molecule has 27 nitrogen and oxygen atoms in total. The van der Waals surface area contributed by atoms with Crippen molar-refractivity contribution in [3.05, 3.63) is 83.5 Å². The summed E-state index contributed by atoms with van der Waals surface area (Å²) >= 11 is 0. The highest BCUT2D eigenvalue weighted by molar-refractivity contribution is 6.39. The van der Waals surface area contributed by atoms with E-state index in [1.807, 2.05) is 51.2 Å². The number of methoxy groups -OCH3 is 3. The fraction of sp³-hybridized carbons (Fsp3) is 0.703. The Bertz CT molecular complexity index is 3140. The van der Waals surface area contributed by atoms with Crippen LogP contribution in [0.2, 0.25) is 0 Å². The zero-order valence-electron chi connectivity index (χ0n) is 61.1. The lowest BCUT2D eigenvalue weighted by atomic mass is 9.80. The number of aromatic nitrogens is 4. The number of hydrogen-bond acceptors (Lipinski definition) is 25. The molecular weight excluding hydrogens is 1300 g/mol. The monoisotopic (exact) mass is 1410 g/mol. The van der Waals surface area contributed by atoms with Gasteiger partial charge >= 0.3 is 12.1 Å². The molecule has 0 unspecified atom stereocenters. The van der Waals surface area contributed by atoms with Gasteiger partial charge in [-0.1, -0.05) is 64.2 Å². The number of aliphatic hydroxyl groups excluding tert-OH is 2. The number of anilines is 2. The smallest absolute Gasteiger partial charge is 0.407 e. The third kappa shape index (κ3) is 22.5. The number of aliphatic hydroxyl groups is 3. The number of allylic oxidation sites excluding steroid dienone is 5. The van der Waals surface area contributed by atoms with Crippen molar-refractivity contribution in [1.29, 1.82) is 0 Å². The number of cyclic esters (lactones) is 1. The van der Waals surface area contributed by atoms with Crippen LogP contribution in [0.3, 0.4) is 0 Å². The molecule has 4 saturated heterocycles. The van der Waals surface area contributed by atoms with E-state index in [-0.39, 0.29) is 50.0 Å². The molecule has 2 bridgehead atoms. The van der Waals surface area contributed by atoms with Crippen molar-refractivity contribution in [3.63, 3.8) is 0 Å². The number of fused-ring (bicyclic) bond motifs is 3. The lowest BCUT2D eigenvalue weighted by Gasteiger charge is -2.43. The molecule has 5 aliphatic heterocycles. The molecule has 5 fully saturated rings. The molecule has 8 rings (SSSR count). The Labute approximate surface area is 595 Å². The molecule has 16 atom stereocenters. The van der Waals surface area contributed by atoms with Crippen LogP contribution in [0, 0.1) is 29.6 Å². The van der Waals surface area contributed by atoms with Crippen molar-refractivity contribution < 1.29 is 77.2 Å². The summed E-state index contributed by atoms with van der Waals surface area (Å²) in [4.78, 5) is 111. The number of Topliss-reactive ketones (excluding diaryl/α,β-unsaturated/α-hetero) is 3. The van der Waals surface area contributed by atoms with Gasteiger partial charge in [-0.2, -0.15) is 0 Å². The second-order valence-corrected chi connectivity index (χ2v) is 28.7. The van der Waals surface area contributed by atoms with Crippen molar-refractivity contribution in [1.82, 2.24) is 40.0 Å². The van der Waals surface area contributed by atoms with Crippen LogP contribution in [0.5, 0.6) is 0 Å². The normalized spacial score (nSPS) is 32.2. The first-order valence-corrected chi connectivity index (χ1v) is 36.4. The fourth-order valence-electron chi connectivity index (χ4n) is 14.7. The summed E-state index contributed by atoms with van der Waals surface area (Å²) in [5.74, 6) is -6.71. The predicted molar refractivity (Wildman–Crippen MR) is 378 cm³/mol. The minimum Gasteiger partial charge on any atom is -0.459 e. The molecule has 1 aliphatic carbocycles. The zero-order chi connectivity index (χ0) is 72.9. The van der Waals surface area contributed by atoms with E-state index in [2.05, 4.69) is 44.9 Å². The number of amides is 2. The molecule has 27 heteroatoms. The van der Waals surface area contributed by atoms with Gasteiger partial charge in [-0.25, -0.2) is 29.5 Å². The Hall–Kier alpha value is -6.50. The zero-order valence-corrected chi connectivity index (χ0v) is 61.1. The van der Waals surface area contributed by atoms with Crippen LogP contribution in [0.1, 0.15) is 141 Å². The van der Waals surface area contributed by atoms with Gasteiger partial charge in [0, 0.05) is 167 Å². The van der Waals surface area contributed by atoms with E-state index in [0.717, 1.165) is 71.0 Å². The van der Waals surface area contributed by atoms with Crippen LogP contribution >= 0.6 is 0 Å². The molecule has 2 aromatic heterocycles. The molecule has 560 valence electrons. The number of nitrogens with one attached hydrogen (secondary N) is 1. The number of ether oxygens (including phenoxy) is 7. The second kappa shape index (κ2) is 38.9. The predicted octanol–water partition coefficient (Wildman–Crippen LogP) is 5.34. The average Bonchev–Trinajstić information content (AvgIpc) is 0.774. The third-order valence-electron chi connectivity index (χ3n) is 21.3. The number of hydrogen-bond donors (Lipinski definition) is 5. The standard InChI is InChI=1S/C74H113N11O16/c1-47-16-12-11-13-17-48(2)61(95-8)40-57-21-19-52(6)74(94,101-57)68(90)69(91)85-23-15-14-18-59(85)70(92)99-63(41-62(96-9)49(3)37-51(5)66(88)67(89)65(87)50(4)36-47)58(75)38-54-20-22-60(64(39-54)97-10)100-73(93)80-44-55-42-76-71(77-43-55)83-28-24-81(25-29-83)32-34-98-35-33-82-26-30-84(31-27-82)72-78-45-56(46-79-72)53(7)86/h11-13,16-17,37,42-43,45-47,49-50,52,54,57-64,66-67,88-89,94H,14-15,18-36,38-41,44,75H2,1-10H3,(H,80,93)/b13-11?,16-12+,48-17?,51-37+/t47-,49-,50-,52-,54+,57+,58-,59+,60-,61+,62-,63+,64-,66-,67+,74-/m1/s1. The van der Waals surface area contributed by atoms with Crippen LogP contribution in [-0.2, 0) is 58.9 Å². The van der Waals surface area contributed by atoms with Gasteiger partial charge in [0.25, 0.3) is 11.7 Å². The first-order valence-electron chi connectivity index (χ1n) is 36.4. The van der Waals surface area contributed by atoms with Gasteiger partial charge in [-0.15, -0.1) is 0 Å². The Morgan fingerprint density at radius 1 is 0.713 bits per heavy atom. The van der Waals surface area contributed by atoms with E-state index in [9.17, 15) is 44.1 Å². The average molecular weight is 1410 g/mol. The molecule has 1 saturated carbocycles. The highest BCUT2D eigenvalue weighted by atomic mass is 16.6. The SMILES string of the molecule is CO[C@H]1C[C@@H]2CC[C@@H](C)[C@@](O)(O2)C(=O)C(=O)N2CCCC[C@H]2C(=O)O[C@H]([C@H](N)C[C@@H]2CC[C@@H](OC(=O)NCc3cnc(N4CCN(CCOCCN5CCN(c6ncc(C(C)=O)cn6)CC5)CC4)nc3)[C@H](OC)C2)C[C@@H](OC)[C@H](C)/C=C(\C)[C@@H](O)[C@@H](O)C(=O)[C@H](C)C[C@H](C)/C=C/C=CC=C1C. The van der Waals surface area contributed by atoms with Gasteiger partial charge in [0.2, 0.25) is 17.7 Å². The minimum absolute atomic E-state index is 0.0448. The fourth-order valence-corrected chi connectivity index (χ4v) is 14.7. The molecule has 2 amide bonds. The summed E-state index contributed by atoms with van der Waals surface area (Å²) < 4.78 is 42.6. The van der Waals surface area contributed by atoms with E-state index in [0.29, 0.717) is 99.6 Å². The lowest BCUT2D eigenvalue weighted by Crippen LogP contribution is -2.61. The number of piperazine rings is 2. The summed E-state index contributed by atoms with van der Waals surface area (Å²) in [5.41, 5.74) is 9.58. The van der Waals surface area contributed by atoms with Crippen molar-refractivity contribution in [2.24, 2.45) is 35.3 Å². The number of carbonyl (C=O) groups excluding carboxylic acids is 6. The van der Waals surface area contributed by atoms with E-state index in [4.69, 9.17) is 38.9 Å². The van der Waals surface area contributed by atoms with Gasteiger partial charge in [0.05, 0.1) is 43.2 Å². The largest absolute Gasteiger partial charge is 0.459 e. The molecule has 6 N–H and O–H groups in total. The summed E-state index contributed by atoms with van der Waals surface area (Å²) in [6.07, 6.45) is 14.6. The van der Waals surface area contributed by atoms with Gasteiger partial charge in [0.1, 0.15) is 30.5 Å². The van der Waals surface area contributed by atoms with Crippen molar-refractivity contribution in [2.75, 3.05) is 116 Å². The number of piperidine rings is 1. The number of esters is 1. The van der Waals surface area contributed by atoms with Crippen LogP contribution < -0.4 is 20.9 Å². The molecule has 101 heavy (non-hydrogen) atoms. The van der Waals surface area contributed by atoms with Gasteiger partial charge < -0.3 is 74.2 Å². The third-order valence-corrected chi connectivity index (χ3v) is 21.3. The summed E-state index contributed by atoms with van der Waals surface area (Å²) in [7, 11) is 4.63. The number of carbonyl (C=O) groups is 6. The topological polar surface area (TPSA) is 334 Å². The maximum Gasteiger partial charge on any atom is 0.407 e. The summed E-state index contributed by atoms with van der Waals surface area (Å²) in [5, 5.41) is 37.7. The van der Waals surface area contributed by atoms with Crippen molar-refractivity contribution in [3.8, 4) is 0 Å². The summed E-state index contributed by atoms with van der Waals surface area (Å²) in [6, 6.07) is -2.02. The van der Waals surface area contributed by atoms with Gasteiger partial charge in [-0.3, -0.25) is 29.0 Å². The Morgan fingerprint density at radius 3 is 1.96 bits per heavy atom. The quantitative estimate of drug-likeness (QED) is 0.0413. The number of rotatable bonds is 18. The number of nitrogens with zero attached hydrogens (tertiary/aromatic N) is 9. The molecular formula is C74H113N11O16. The highest BCUT2D eigenvalue weighted by Crippen LogP contribution is 2.38. The van der Waals surface area contributed by atoms with Crippen molar-refractivity contribution >= 4 is 47.2 Å². The molecule has 7 heterocycles. The van der Waals surface area contributed by atoms with Crippen LogP contribution in [0.15, 0.2) is 72.4 Å². The van der Waals surface area contributed by atoms with E-state index < -0.39 is 114 Å². The maximum atomic E-state index is 14.8. The lowest BCUT2D eigenvalue weighted by molar-refractivity contribution is -0.265. The Balaban J connectivity index is 0.848. The molecule has 2 aromatic rings. The minimum atomic E-state index is -2.48.